The lowest BCUT2D eigenvalue weighted by Gasteiger charge is -2.41. The molecule has 140 valence electrons. The molecule has 0 aromatic heterocycles. The van der Waals surface area contributed by atoms with Crippen molar-refractivity contribution in [1.29, 1.82) is 0 Å². The second-order valence-corrected chi connectivity index (χ2v) is 10.5. The third kappa shape index (κ3) is 4.09. The molecule has 2 unspecified atom stereocenters. The molecule has 1 aliphatic heterocycles. The number of morpholine rings is 1. The predicted molar refractivity (Wildman–Crippen MR) is 101 cm³/mol. The van der Waals surface area contributed by atoms with E-state index in [1.807, 2.05) is 12.1 Å². The van der Waals surface area contributed by atoms with Crippen LogP contribution < -0.4 is 0 Å². The summed E-state index contributed by atoms with van der Waals surface area (Å²) < 4.78 is 32.1. The van der Waals surface area contributed by atoms with E-state index in [1.54, 1.807) is 12.1 Å². The van der Waals surface area contributed by atoms with Crippen LogP contribution in [0, 0.1) is 0 Å². The van der Waals surface area contributed by atoms with Crippen LogP contribution in [0.3, 0.4) is 0 Å². The van der Waals surface area contributed by atoms with E-state index in [1.165, 1.54) is 5.56 Å². The highest BCUT2D eigenvalue weighted by Gasteiger charge is 2.39. The Morgan fingerprint density at radius 1 is 1.00 bits per heavy atom. The summed E-state index contributed by atoms with van der Waals surface area (Å²) in [6.07, 6.45) is 3.87. The van der Waals surface area contributed by atoms with E-state index in [0.717, 1.165) is 38.8 Å². The van der Waals surface area contributed by atoms with Crippen LogP contribution in [0.1, 0.15) is 52.0 Å². The van der Waals surface area contributed by atoms with Crippen molar-refractivity contribution in [3.63, 3.8) is 0 Å². The van der Waals surface area contributed by atoms with Gasteiger partial charge in [0.15, 0.2) is 9.84 Å². The molecule has 1 saturated heterocycles. The van der Waals surface area contributed by atoms with Crippen molar-refractivity contribution in [2.75, 3.05) is 26.3 Å². The number of ether oxygens (including phenoxy) is 1. The minimum absolute atomic E-state index is 0.0312. The van der Waals surface area contributed by atoms with Gasteiger partial charge in [0.1, 0.15) is 0 Å². The van der Waals surface area contributed by atoms with Gasteiger partial charge >= 0.3 is 0 Å². The van der Waals surface area contributed by atoms with E-state index < -0.39 is 9.84 Å². The highest BCUT2D eigenvalue weighted by Crippen LogP contribution is 2.33. The molecule has 3 rings (SSSR count). The van der Waals surface area contributed by atoms with Crippen molar-refractivity contribution in [1.82, 2.24) is 4.90 Å². The predicted octanol–water partition coefficient (Wildman–Crippen LogP) is 3.40. The van der Waals surface area contributed by atoms with E-state index in [-0.39, 0.29) is 16.7 Å². The number of hydrogen-bond acceptors (Lipinski definition) is 4. The Balaban J connectivity index is 1.86. The maximum atomic E-state index is 13.3. The minimum Gasteiger partial charge on any atom is -0.379 e. The quantitative estimate of drug-likeness (QED) is 0.824. The van der Waals surface area contributed by atoms with Crippen LogP contribution in [-0.2, 0) is 20.0 Å². The number of nitrogens with zero attached hydrogens (tertiary/aromatic N) is 1. The van der Waals surface area contributed by atoms with Crippen LogP contribution >= 0.6 is 0 Å². The topological polar surface area (TPSA) is 46.6 Å². The lowest BCUT2D eigenvalue weighted by molar-refractivity contribution is 0.00951. The molecule has 0 N–H and O–H groups in total. The summed E-state index contributed by atoms with van der Waals surface area (Å²) in [6.45, 7) is 9.55. The summed E-state index contributed by atoms with van der Waals surface area (Å²) >= 11 is 0. The fourth-order valence-corrected chi connectivity index (χ4v) is 6.15. The second-order valence-electron chi connectivity index (χ2n) is 8.36. The normalized spacial score (nSPS) is 26.5. The zero-order valence-electron chi connectivity index (χ0n) is 15.7. The number of benzene rings is 1. The minimum atomic E-state index is -3.31. The molecule has 25 heavy (non-hydrogen) atoms. The molecule has 0 amide bonds. The first-order valence-electron chi connectivity index (χ1n) is 9.46. The molecule has 1 aliphatic carbocycles. The molecule has 1 heterocycles. The monoisotopic (exact) mass is 365 g/mol. The molecule has 0 radical (unpaired) electrons. The van der Waals surface area contributed by atoms with E-state index >= 15 is 0 Å². The zero-order valence-corrected chi connectivity index (χ0v) is 16.5. The van der Waals surface area contributed by atoms with Gasteiger partial charge < -0.3 is 4.74 Å². The van der Waals surface area contributed by atoms with Gasteiger partial charge in [-0.05, 0) is 36.0 Å². The van der Waals surface area contributed by atoms with Gasteiger partial charge in [-0.25, -0.2) is 8.42 Å². The van der Waals surface area contributed by atoms with Crippen molar-refractivity contribution >= 4 is 9.84 Å². The van der Waals surface area contributed by atoms with Gasteiger partial charge in [0.2, 0.25) is 0 Å². The highest BCUT2D eigenvalue weighted by atomic mass is 32.2. The smallest absolute Gasteiger partial charge is 0.182 e. The summed E-state index contributed by atoms with van der Waals surface area (Å²) in [7, 11) is -3.31. The van der Waals surface area contributed by atoms with E-state index in [0.29, 0.717) is 18.1 Å². The number of rotatable bonds is 3. The lowest BCUT2D eigenvalue weighted by atomic mass is 9.87. The molecule has 2 fully saturated rings. The van der Waals surface area contributed by atoms with Gasteiger partial charge in [0.25, 0.3) is 0 Å². The Hall–Kier alpha value is -0.910. The standard InChI is InChI=1S/C20H31NO3S/c1-20(2,3)16-8-10-17(11-9-16)25(22,23)19-7-5-4-6-18(19)21-12-14-24-15-13-21/h8-11,18-19H,4-7,12-15H2,1-3H3. The van der Waals surface area contributed by atoms with E-state index in [9.17, 15) is 8.42 Å². The third-order valence-electron chi connectivity index (χ3n) is 5.63. The molecular formula is C20H31NO3S. The fraction of sp³-hybridized carbons (Fsp3) is 0.700. The second kappa shape index (κ2) is 7.37. The summed E-state index contributed by atoms with van der Waals surface area (Å²) in [5.74, 6) is 0. The van der Waals surface area contributed by atoms with Crippen LogP contribution in [0.4, 0.5) is 0 Å². The molecule has 5 heteroatoms. The zero-order chi connectivity index (χ0) is 18.1. The van der Waals surface area contributed by atoms with E-state index in [4.69, 9.17) is 4.74 Å². The maximum Gasteiger partial charge on any atom is 0.182 e. The van der Waals surface area contributed by atoms with Crippen LogP contribution in [0.5, 0.6) is 0 Å². The average molecular weight is 366 g/mol. The summed E-state index contributed by atoms with van der Waals surface area (Å²) in [5.41, 5.74) is 1.20. The largest absolute Gasteiger partial charge is 0.379 e. The summed E-state index contributed by atoms with van der Waals surface area (Å²) in [6, 6.07) is 7.69. The molecule has 2 atom stereocenters. The summed E-state index contributed by atoms with van der Waals surface area (Å²) in [5, 5.41) is -0.292. The van der Waals surface area contributed by atoms with Crippen molar-refractivity contribution in [3.05, 3.63) is 29.8 Å². The Morgan fingerprint density at radius 3 is 2.20 bits per heavy atom. The molecule has 1 aromatic rings. The summed E-state index contributed by atoms with van der Waals surface area (Å²) in [4.78, 5) is 2.82. The molecule has 0 bridgehead atoms. The highest BCUT2D eigenvalue weighted by molar-refractivity contribution is 7.92. The van der Waals surface area contributed by atoms with Crippen molar-refractivity contribution < 1.29 is 13.2 Å². The molecule has 1 saturated carbocycles. The first kappa shape index (κ1) is 18.9. The van der Waals surface area contributed by atoms with Crippen LogP contribution in [-0.4, -0.2) is 50.9 Å². The Bertz CT molecular complexity index is 670. The van der Waals surface area contributed by atoms with Gasteiger partial charge in [0.05, 0.1) is 23.4 Å². The van der Waals surface area contributed by atoms with Gasteiger partial charge in [-0.1, -0.05) is 45.7 Å². The number of hydrogen-bond donors (Lipinski definition) is 0. The lowest BCUT2D eigenvalue weighted by Crippen LogP contribution is -2.52. The van der Waals surface area contributed by atoms with E-state index in [2.05, 4.69) is 25.7 Å². The average Bonchev–Trinajstić information content (AvgIpc) is 2.62. The first-order chi connectivity index (χ1) is 11.8. The van der Waals surface area contributed by atoms with Crippen molar-refractivity contribution in [2.24, 2.45) is 0 Å². The molecule has 1 aromatic carbocycles. The Labute approximate surface area is 152 Å². The molecule has 4 nitrogen and oxygen atoms in total. The molecule has 0 spiro atoms. The molecule has 2 aliphatic rings. The maximum absolute atomic E-state index is 13.3. The van der Waals surface area contributed by atoms with Crippen LogP contribution in [0.15, 0.2) is 29.2 Å². The van der Waals surface area contributed by atoms with Gasteiger partial charge in [-0.2, -0.15) is 0 Å². The van der Waals surface area contributed by atoms with Gasteiger partial charge in [-0.15, -0.1) is 0 Å². The number of sulfone groups is 1. The first-order valence-corrected chi connectivity index (χ1v) is 11.0. The van der Waals surface area contributed by atoms with Gasteiger partial charge in [0, 0.05) is 19.1 Å². The van der Waals surface area contributed by atoms with Crippen LogP contribution in [0.25, 0.3) is 0 Å². The Morgan fingerprint density at radius 2 is 1.60 bits per heavy atom. The Kier molecular flexibility index (Phi) is 5.57. The SMILES string of the molecule is CC(C)(C)c1ccc(S(=O)(=O)C2CCCCC2N2CCOCC2)cc1. The van der Waals surface area contributed by atoms with Gasteiger partial charge in [-0.3, -0.25) is 4.90 Å². The molecular weight excluding hydrogens is 334 g/mol. The van der Waals surface area contributed by atoms with Crippen molar-refractivity contribution in [3.8, 4) is 0 Å². The van der Waals surface area contributed by atoms with Crippen LogP contribution in [0.2, 0.25) is 0 Å². The fourth-order valence-electron chi connectivity index (χ4n) is 4.09. The third-order valence-corrected chi connectivity index (χ3v) is 7.91. The van der Waals surface area contributed by atoms with Crippen molar-refractivity contribution in [2.45, 2.75) is 68.1 Å².